The Hall–Kier alpha value is -1.69. The molecule has 6 heteroatoms. The first-order valence-electron chi connectivity index (χ1n) is 6.74. The van der Waals surface area contributed by atoms with Crippen molar-refractivity contribution in [2.45, 2.75) is 18.7 Å². The normalized spacial score (nSPS) is 10.3. The van der Waals surface area contributed by atoms with E-state index in [9.17, 15) is 9.59 Å². The molecule has 21 heavy (non-hydrogen) atoms. The molecule has 0 aliphatic carbocycles. The Labute approximate surface area is 129 Å². The van der Waals surface area contributed by atoms with Gasteiger partial charge in [0.25, 0.3) is 0 Å². The zero-order chi connectivity index (χ0) is 15.7. The van der Waals surface area contributed by atoms with Gasteiger partial charge in [-0.15, -0.1) is 11.8 Å². The fraction of sp³-hybridized carbons (Fsp3) is 0.467. The third-order valence-corrected chi connectivity index (χ3v) is 3.48. The minimum atomic E-state index is -0.384. The summed E-state index contributed by atoms with van der Waals surface area (Å²) in [4.78, 5) is 23.6. The molecule has 0 bridgehead atoms. The highest BCUT2D eigenvalue weighted by Crippen LogP contribution is 2.18. The lowest BCUT2D eigenvalue weighted by Crippen LogP contribution is -2.27. The molecule has 0 aromatic heterocycles. The summed E-state index contributed by atoms with van der Waals surface area (Å²) in [6.07, 6.45) is -0.384. The van der Waals surface area contributed by atoms with Crippen LogP contribution in [-0.4, -0.2) is 38.1 Å². The summed E-state index contributed by atoms with van der Waals surface area (Å²) in [6, 6.07) is 7.15. The van der Waals surface area contributed by atoms with Crippen LogP contribution >= 0.6 is 11.8 Å². The number of alkyl carbamates (subject to hydrolysis) is 1. The zero-order valence-corrected chi connectivity index (χ0v) is 13.4. The van der Waals surface area contributed by atoms with Crippen molar-refractivity contribution >= 4 is 23.8 Å². The average molecular weight is 311 g/mol. The van der Waals surface area contributed by atoms with Crippen molar-refractivity contribution in [3.8, 4) is 0 Å². The average Bonchev–Trinajstić information content (AvgIpc) is 2.49. The lowest BCUT2D eigenvalue weighted by molar-refractivity contribution is 0.0600. The first kappa shape index (κ1) is 17.4. The van der Waals surface area contributed by atoms with E-state index in [2.05, 4.69) is 10.1 Å². The number of hydrogen-bond acceptors (Lipinski definition) is 5. The van der Waals surface area contributed by atoms with Crippen LogP contribution in [0.2, 0.25) is 0 Å². The Kier molecular flexibility index (Phi) is 7.68. The Morgan fingerprint density at radius 3 is 2.48 bits per heavy atom. The summed E-state index contributed by atoms with van der Waals surface area (Å²) in [5.41, 5.74) is 0.525. The van der Waals surface area contributed by atoms with Gasteiger partial charge in [-0.25, -0.2) is 9.59 Å². The van der Waals surface area contributed by atoms with E-state index in [0.29, 0.717) is 24.6 Å². The van der Waals surface area contributed by atoms with Gasteiger partial charge in [0.2, 0.25) is 0 Å². The fourth-order valence-electron chi connectivity index (χ4n) is 1.42. The highest BCUT2D eigenvalue weighted by Gasteiger charge is 2.05. The molecule has 0 heterocycles. The molecule has 0 fully saturated rings. The van der Waals surface area contributed by atoms with Crippen LogP contribution in [0, 0.1) is 5.92 Å². The monoisotopic (exact) mass is 311 g/mol. The lowest BCUT2D eigenvalue weighted by atomic mass is 10.2. The minimum absolute atomic E-state index is 0.332. The van der Waals surface area contributed by atoms with Gasteiger partial charge in [0.1, 0.15) is 0 Å². The molecular weight excluding hydrogens is 290 g/mol. The van der Waals surface area contributed by atoms with Gasteiger partial charge in [-0.1, -0.05) is 13.8 Å². The van der Waals surface area contributed by atoms with E-state index in [1.165, 1.54) is 7.11 Å². The molecular formula is C15H21NO4S. The van der Waals surface area contributed by atoms with Gasteiger partial charge in [-0.3, -0.25) is 0 Å². The van der Waals surface area contributed by atoms with E-state index in [0.717, 1.165) is 10.6 Å². The summed E-state index contributed by atoms with van der Waals surface area (Å²) >= 11 is 1.59. The minimum Gasteiger partial charge on any atom is -0.465 e. The van der Waals surface area contributed by atoms with Gasteiger partial charge >= 0.3 is 12.1 Å². The van der Waals surface area contributed by atoms with E-state index in [4.69, 9.17) is 4.74 Å². The summed E-state index contributed by atoms with van der Waals surface area (Å²) in [5, 5.41) is 2.69. The number of rotatable bonds is 7. The summed E-state index contributed by atoms with van der Waals surface area (Å²) < 4.78 is 9.63. The molecule has 1 rings (SSSR count). The first-order chi connectivity index (χ1) is 10.0. The van der Waals surface area contributed by atoms with E-state index < -0.39 is 0 Å². The van der Waals surface area contributed by atoms with Crippen molar-refractivity contribution in [3.05, 3.63) is 29.8 Å². The maximum atomic E-state index is 11.3. The maximum Gasteiger partial charge on any atom is 0.407 e. The number of hydrogen-bond donors (Lipinski definition) is 1. The fourth-order valence-corrected chi connectivity index (χ4v) is 2.19. The van der Waals surface area contributed by atoms with Gasteiger partial charge in [0.05, 0.1) is 19.3 Å². The van der Waals surface area contributed by atoms with Crippen molar-refractivity contribution in [2.75, 3.05) is 26.0 Å². The van der Waals surface area contributed by atoms with E-state index in [1.807, 2.05) is 26.0 Å². The van der Waals surface area contributed by atoms with Crippen LogP contribution in [0.4, 0.5) is 4.79 Å². The van der Waals surface area contributed by atoms with Crippen LogP contribution in [0.3, 0.4) is 0 Å². The predicted molar refractivity (Wildman–Crippen MR) is 82.7 cm³/mol. The molecule has 116 valence electrons. The molecule has 0 unspecified atom stereocenters. The number of methoxy groups -OCH3 is 1. The first-order valence-corrected chi connectivity index (χ1v) is 7.73. The van der Waals surface area contributed by atoms with Gasteiger partial charge in [-0.2, -0.15) is 0 Å². The number of carbonyl (C=O) groups is 2. The molecule has 1 aromatic carbocycles. The van der Waals surface area contributed by atoms with Crippen LogP contribution in [0.25, 0.3) is 0 Å². The van der Waals surface area contributed by atoms with Crippen molar-refractivity contribution in [1.82, 2.24) is 5.32 Å². The molecule has 0 atom stereocenters. The van der Waals surface area contributed by atoms with Crippen molar-refractivity contribution < 1.29 is 19.1 Å². The molecule has 0 spiro atoms. The van der Waals surface area contributed by atoms with Crippen molar-refractivity contribution in [2.24, 2.45) is 5.92 Å². The van der Waals surface area contributed by atoms with Gasteiger partial charge in [0, 0.05) is 17.2 Å². The van der Waals surface area contributed by atoms with Crippen LogP contribution in [0.15, 0.2) is 29.2 Å². The molecule has 1 aromatic rings. The molecule has 0 aliphatic rings. The van der Waals surface area contributed by atoms with E-state index in [1.54, 1.807) is 23.9 Å². The van der Waals surface area contributed by atoms with E-state index >= 15 is 0 Å². The third-order valence-electron chi connectivity index (χ3n) is 2.46. The van der Waals surface area contributed by atoms with Gasteiger partial charge < -0.3 is 14.8 Å². The summed E-state index contributed by atoms with van der Waals surface area (Å²) in [5.74, 6) is 0.716. The Morgan fingerprint density at radius 2 is 1.90 bits per heavy atom. The number of esters is 1. The number of nitrogens with one attached hydrogen (secondary N) is 1. The van der Waals surface area contributed by atoms with Gasteiger partial charge in [-0.05, 0) is 30.2 Å². The Balaban J connectivity index is 2.23. The number of benzene rings is 1. The lowest BCUT2D eigenvalue weighted by Gasteiger charge is -2.08. The zero-order valence-electron chi connectivity index (χ0n) is 12.5. The predicted octanol–water partition coefficient (Wildman–Crippen LogP) is 2.95. The highest BCUT2D eigenvalue weighted by atomic mass is 32.2. The second-order valence-corrected chi connectivity index (χ2v) is 5.95. The standard InChI is InChI=1S/C15H21NO4S/c1-11(2)10-20-15(18)16-8-9-21-13-6-4-12(5-7-13)14(17)19-3/h4-7,11H,8-10H2,1-3H3,(H,16,18). The number of carbonyl (C=O) groups excluding carboxylic acids is 2. The smallest absolute Gasteiger partial charge is 0.407 e. The molecule has 0 saturated heterocycles. The molecule has 0 aliphatic heterocycles. The Bertz CT molecular complexity index is 459. The summed E-state index contributed by atoms with van der Waals surface area (Å²) in [6.45, 7) is 4.93. The quantitative estimate of drug-likeness (QED) is 0.476. The second kappa shape index (κ2) is 9.28. The Morgan fingerprint density at radius 1 is 1.24 bits per heavy atom. The van der Waals surface area contributed by atoms with Crippen LogP contribution in [-0.2, 0) is 9.47 Å². The van der Waals surface area contributed by atoms with Crippen molar-refractivity contribution in [3.63, 3.8) is 0 Å². The van der Waals surface area contributed by atoms with Crippen molar-refractivity contribution in [1.29, 1.82) is 0 Å². The highest BCUT2D eigenvalue weighted by molar-refractivity contribution is 7.99. The van der Waals surface area contributed by atoms with E-state index in [-0.39, 0.29) is 12.1 Å². The molecule has 0 radical (unpaired) electrons. The molecule has 1 amide bonds. The number of thioether (sulfide) groups is 1. The topological polar surface area (TPSA) is 64.6 Å². The largest absolute Gasteiger partial charge is 0.465 e. The molecule has 1 N–H and O–H groups in total. The molecule has 0 saturated carbocycles. The van der Waals surface area contributed by atoms with Crippen LogP contribution < -0.4 is 5.32 Å². The number of amides is 1. The number of ether oxygens (including phenoxy) is 2. The van der Waals surface area contributed by atoms with Crippen LogP contribution in [0.1, 0.15) is 24.2 Å². The second-order valence-electron chi connectivity index (χ2n) is 4.78. The van der Waals surface area contributed by atoms with Crippen LogP contribution in [0.5, 0.6) is 0 Å². The maximum absolute atomic E-state index is 11.3. The summed E-state index contributed by atoms with van der Waals surface area (Å²) in [7, 11) is 1.36. The molecule has 5 nitrogen and oxygen atoms in total. The third kappa shape index (κ3) is 7.04. The van der Waals surface area contributed by atoms with Gasteiger partial charge in [0.15, 0.2) is 0 Å². The SMILES string of the molecule is COC(=O)c1ccc(SCCNC(=O)OCC(C)C)cc1.